The first-order valence-electron chi connectivity index (χ1n) is 7.69. The van der Waals surface area contributed by atoms with E-state index in [4.69, 9.17) is 10.1 Å². The Balaban J connectivity index is 1.86. The van der Waals surface area contributed by atoms with Gasteiger partial charge in [-0.15, -0.1) is 11.3 Å². The fourth-order valence-electron chi connectivity index (χ4n) is 2.64. The lowest BCUT2D eigenvalue weighted by Crippen LogP contribution is -2.06. The number of carboxylic acid groups (broad SMARTS) is 1. The topological polar surface area (TPSA) is 68.0 Å². The molecule has 0 saturated carbocycles. The molecular formula is C17H19N3O2S. The molecule has 3 aromatic rings. The maximum atomic E-state index is 10.7. The molecule has 0 amide bonds. The van der Waals surface area contributed by atoms with Crippen LogP contribution in [-0.2, 0) is 17.8 Å². The smallest absolute Gasteiger partial charge is 0.303 e. The predicted molar refractivity (Wildman–Crippen MR) is 90.9 cm³/mol. The second-order valence-electron chi connectivity index (χ2n) is 5.64. The Morgan fingerprint density at radius 2 is 2.26 bits per heavy atom. The van der Waals surface area contributed by atoms with Gasteiger partial charge in [-0.2, -0.15) is 0 Å². The summed E-state index contributed by atoms with van der Waals surface area (Å²) >= 11 is 1.72. The van der Waals surface area contributed by atoms with E-state index in [1.165, 1.54) is 4.88 Å². The average Bonchev–Trinajstić information content (AvgIpc) is 3.11. The zero-order valence-electron chi connectivity index (χ0n) is 13.0. The van der Waals surface area contributed by atoms with Gasteiger partial charge in [0.2, 0.25) is 0 Å². The lowest BCUT2D eigenvalue weighted by molar-refractivity contribution is -0.137. The minimum absolute atomic E-state index is 0.208. The van der Waals surface area contributed by atoms with E-state index in [0.717, 1.165) is 41.9 Å². The van der Waals surface area contributed by atoms with Crippen LogP contribution in [0.2, 0.25) is 0 Å². The quantitative estimate of drug-likeness (QED) is 0.672. The van der Waals surface area contributed by atoms with Crippen molar-refractivity contribution >= 4 is 28.5 Å². The summed E-state index contributed by atoms with van der Waals surface area (Å²) in [5.74, 6) is 0.254. The molecule has 23 heavy (non-hydrogen) atoms. The fourth-order valence-corrected chi connectivity index (χ4v) is 3.35. The van der Waals surface area contributed by atoms with Crippen molar-refractivity contribution in [3.63, 3.8) is 0 Å². The molecule has 0 saturated heterocycles. The number of carboxylic acids is 1. The Labute approximate surface area is 138 Å². The monoisotopic (exact) mass is 329 g/mol. The second-order valence-corrected chi connectivity index (χ2v) is 6.67. The number of imidazole rings is 1. The normalized spacial score (nSPS) is 11.2. The first kappa shape index (κ1) is 15.7. The van der Waals surface area contributed by atoms with Gasteiger partial charge in [0, 0.05) is 30.5 Å². The molecule has 6 heteroatoms. The summed E-state index contributed by atoms with van der Waals surface area (Å²) in [4.78, 5) is 21.2. The number of rotatable bonds is 7. The van der Waals surface area contributed by atoms with Crippen LogP contribution >= 0.6 is 11.3 Å². The summed E-state index contributed by atoms with van der Waals surface area (Å²) in [6, 6.07) is 6.20. The van der Waals surface area contributed by atoms with Gasteiger partial charge in [-0.1, -0.05) is 6.07 Å². The van der Waals surface area contributed by atoms with Crippen LogP contribution < -0.4 is 0 Å². The third-order valence-corrected chi connectivity index (χ3v) is 4.61. The highest BCUT2D eigenvalue weighted by atomic mass is 32.1. The maximum absolute atomic E-state index is 10.7. The molecule has 0 aliphatic rings. The van der Waals surface area contributed by atoms with Crippen molar-refractivity contribution in [3.8, 4) is 0 Å². The molecule has 0 unspecified atom stereocenters. The number of aliphatic carboxylic acids is 1. The lowest BCUT2D eigenvalue weighted by Gasteiger charge is -2.07. The highest BCUT2D eigenvalue weighted by Gasteiger charge is 2.13. The Bertz CT molecular complexity index is 809. The van der Waals surface area contributed by atoms with Crippen LogP contribution in [0.3, 0.4) is 0 Å². The molecule has 0 bridgehead atoms. The van der Waals surface area contributed by atoms with Crippen LogP contribution in [0.15, 0.2) is 29.8 Å². The van der Waals surface area contributed by atoms with Crippen LogP contribution in [-0.4, -0.2) is 25.6 Å². The second kappa shape index (κ2) is 6.91. The Kier molecular flexibility index (Phi) is 4.71. The summed E-state index contributed by atoms with van der Waals surface area (Å²) in [5.41, 5.74) is 2.89. The molecule has 0 atom stereocenters. The highest BCUT2D eigenvalue weighted by Crippen LogP contribution is 2.20. The number of aromatic nitrogens is 3. The maximum Gasteiger partial charge on any atom is 0.303 e. The van der Waals surface area contributed by atoms with Crippen molar-refractivity contribution in [2.75, 3.05) is 0 Å². The van der Waals surface area contributed by atoms with Crippen LogP contribution in [0.1, 0.15) is 35.5 Å². The highest BCUT2D eigenvalue weighted by molar-refractivity contribution is 7.09. The van der Waals surface area contributed by atoms with Gasteiger partial charge in [-0.25, -0.2) is 9.97 Å². The minimum atomic E-state index is -0.743. The molecule has 3 heterocycles. The minimum Gasteiger partial charge on any atom is -0.481 e. The third kappa shape index (κ3) is 3.76. The van der Waals surface area contributed by atoms with E-state index in [0.29, 0.717) is 6.42 Å². The number of fused-ring (bicyclic) bond motifs is 1. The number of thiophene rings is 1. The molecule has 3 aromatic heterocycles. The first-order valence-corrected chi connectivity index (χ1v) is 8.57. The van der Waals surface area contributed by atoms with E-state index < -0.39 is 5.97 Å². The molecule has 0 aromatic carbocycles. The number of carbonyl (C=O) groups is 1. The molecule has 3 rings (SSSR count). The molecule has 0 fully saturated rings. The van der Waals surface area contributed by atoms with E-state index in [1.54, 1.807) is 11.3 Å². The van der Waals surface area contributed by atoms with Gasteiger partial charge in [0.1, 0.15) is 11.3 Å². The molecule has 0 aliphatic heterocycles. The standard InChI is InChI=1S/C17H19N3O2S/c1-12-9-14-17(18-11-12)20(7-3-2-6-16(21)22)15(19-14)10-13-5-4-8-23-13/h4-5,8-9,11H,2-3,6-7,10H2,1H3,(H,21,22). The van der Waals surface area contributed by atoms with Crippen LogP contribution in [0.25, 0.3) is 11.2 Å². The van der Waals surface area contributed by atoms with Crippen molar-refractivity contribution in [2.24, 2.45) is 0 Å². The fraction of sp³-hybridized carbons (Fsp3) is 0.353. The molecule has 0 spiro atoms. The summed E-state index contributed by atoms with van der Waals surface area (Å²) in [7, 11) is 0. The molecular weight excluding hydrogens is 310 g/mol. The number of hydrogen-bond acceptors (Lipinski definition) is 4. The zero-order valence-corrected chi connectivity index (χ0v) is 13.8. The number of unbranched alkanes of at least 4 members (excludes halogenated alkanes) is 1. The first-order chi connectivity index (χ1) is 11.1. The molecule has 1 N–H and O–H groups in total. The van der Waals surface area contributed by atoms with Gasteiger partial charge < -0.3 is 9.67 Å². The largest absolute Gasteiger partial charge is 0.481 e. The van der Waals surface area contributed by atoms with Crippen LogP contribution in [0.4, 0.5) is 0 Å². The van der Waals surface area contributed by atoms with Gasteiger partial charge in [0.15, 0.2) is 5.65 Å². The van der Waals surface area contributed by atoms with E-state index in [1.807, 2.05) is 25.3 Å². The van der Waals surface area contributed by atoms with Gasteiger partial charge in [0.25, 0.3) is 0 Å². The Morgan fingerprint density at radius 3 is 3.00 bits per heavy atom. The van der Waals surface area contributed by atoms with Gasteiger partial charge in [-0.05, 0) is 42.8 Å². The van der Waals surface area contributed by atoms with Crippen molar-refractivity contribution in [3.05, 3.63) is 46.0 Å². The number of aryl methyl sites for hydroxylation is 2. The Hall–Kier alpha value is -2.21. The summed E-state index contributed by atoms with van der Waals surface area (Å²) < 4.78 is 2.14. The number of hydrogen-bond donors (Lipinski definition) is 1. The van der Waals surface area contributed by atoms with Crippen molar-refractivity contribution in [1.82, 2.24) is 14.5 Å². The number of pyridine rings is 1. The number of nitrogens with zero attached hydrogens (tertiary/aromatic N) is 3. The molecule has 0 aliphatic carbocycles. The van der Waals surface area contributed by atoms with E-state index in [2.05, 4.69) is 21.0 Å². The molecule has 5 nitrogen and oxygen atoms in total. The van der Waals surface area contributed by atoms with E-state index >= 15 is 0 Å². The molecule has 120 valence electrons. The summed E-state index contributed by atoms with van der Waals surface area (Å²) in [6.07, 6.45) is 4.32. The zero-order chi connectivity index (χ0) is 16.2. The van der Waals surface area contributed by atoms with E-state index in [9.17, 15) is 4.79 Å². The average molecular weight is 329 g/mol. The van der Waals surface area contributed by atoms with Crippen LogP contribution in [0, 0.1) is 6.92 Å². The predicted octanol–water partition coefficient (Wildman–Crippen LogP) is 3.65. The SMILES string of the molecule is Cc1cnc2c(c1)nc(Cc1cccs1)n2CCCCC(=O)O. The van der Waals surface area contributed by atoms with Gasteiger partial charge >= 0.3 is 5.97 Å². The summed E-state index contributed by atoms with van der Waals surface area (Å²) in [5, 5.41) is 10.8. The Morgan fingerprint density at radius 1 is 1.39 bits per heavy atom. The van der Waals surface area contributed by atoms with Gasteiger partial charge in [-0.3, -0.25) is 4.79 Å². The van der Waals surface area contributed by atoms with E-state index in [-0.39, 0.29) is 6.42 Å². The van der Waals surface area contributed by atoms with Crippen LogP contribution in [0.5, 0.6) is 0 Å². The van der Waals surface area contributed by atoms with Crippen molar-refractivity contribution in [1.29, 1.82) is 0 Å². The lowest BCUT2D eigenvalue weighted by atomic mass is 10.2. The van der Waals surface area contributed by atoms with Crippen molar-refractivity contribution < 1.29 is 9.90 Å². The molecule has 0 radical (unpaired) electrons. The summed E-state index contributed by atoms with van der Waals surface area (Å²) in [6.45, 7) is 2.76. The van der Waals surface area contributed by atoms with Crippen molar-refractivity contribution in [2.45, 2.75) is 39.2 Å². The third-order valence-electron chi connectivity index (χ3n) is 3.74. The van der Waals surface area contributed by atoms with Gasteiger partial charge in [0.05, 0.1) is 0 Å².